The van der Waals surface area contributed by atoms with Crippen molar-refractivity contribution in [3.8, 4) is 11.4 Å². The second kappa shape index (κ2) is 7.00. The van der Waals surface area contributed by atoms with Gasteiger partial charge >= 0.3 is 0 Å². The average Bonchev–Trinajstić information content (AvgIpc) is 2.91. The molecule has 1 aliphatic rings. The zero-order chi connectivity index (χ0) is 14.5. The van der Waals surface area contributed by atoms with E-state index in [4.69, 9.17) is 17.0 Å². The highest BCUT2D eigenvalue weighted by molar-refractivity contribution is 7.71. The molecule has 5 heteroatoms. The van der Waals surface area contributed by atoms with Crippen LogP contribution in [0.4, 0.5) is 0 Å². The fourth-order valence-corrected chi connectivity index (χ4v) is 3.10. The molecule has 1 saturated carbocycles. The van der Waals surface area contributed by atoms with Crippen LogP contribution in [0.1, 0.15) is 32.1 Å². The van der Waals surface area contributed by atoms with Gasteiger partial charge in [0.1, 0.15) is 0 Å². The first-order chi connectivity index (χ1) is 10.3. The standard InChI is InChI=1S/C16H21N3OS/c21-16-18-17-15(13-7-3-1-4-8-13)19(16)11-12-20-14-9-5-2-6-10-14/h1,3-4,7-8,14H,2,5-6,9-12H2,(H,18,21). The summed E-state index contributed by atoms with van der Waals surface area (Å²) >= 11 is 5.33. The van der Waals surface area contributed by atoms with E-state index < -0.39 is 0 Å². The van der Waals surface area contributed by atoms with Crippen LogP contribution in [0.25, 0.3) is 11.4 Å². The first-order valence-electron chi connectivity index (χ1n) is 7.67. The van der Waals surface area contributed by atoms with E-state index in [1.807, 2.05) is 34.9 Å². The van der Waals surface area contributed by atoms with Gasteiger partial charge in [-0.05, 0) is 25.1 Å². The third-order valence-corrected chi connectivity index (χ3v) is 4.32. The molecule has 1 heterocycles. The molecule has 0 radical (unpaired) electrons. The van der Waals surface area contributed by atoms with Crippen LogP contribution in [0.15, 0.2) is 30.3 Å². The van der Waals surface area contributed by atoms with E-state index in [0.717, 1.165) is 17.9 Å². The lowest BCUT2D eigenvalue weighted by Gasteiger charge is -2.22. The van der Waals surface area contributed by atoms with Crippen molar-refractivity contribution >= 4 is 12.2 Å². The van der Waals surface area contributed by atoms with E-state index in [1.165, 1.54) is 32.1 Å². The lowest BCUT2D eigenvalue weighted by atomic mass is 9.98. The monoisotopic (exact) mass is 303 g/mol. The highest BCUT2D eigenvalue weighted by atomic mass is 32.1. The van der Waals surface area contributed by atoms with Crippen LogP contribution in [-0.2, 0) is 11.3 Å². The van der Waals surface area contributed by atoms with Crippen LogP contribution in [0.5, 0.6) is 0 Å². The molecule has 0 atom stereocenters. The molecule has 1 aromatic heterocycles. The summed E-state index contributed by atoms with van der Waals surface area (Å²) in [5.41, 5.74) is 1.07. The summed E-state index contributed by atoms with van der Waals surface area (Å²) in [4.78, 5) is 0. The Morgan fingerprint density at radius 3 is 2.71 bits per heavy atom. The molecule has 0 amide bonds. The van der Waals surface area contributed by atoms with Gasteiger partial charge in [-0.1, -0.05) is 49.6 Å². The molecule has 0 spiro atoms. The number of rotatable bonds is 5. The Morgan fingerprint density at radius 2 is 1.95 bits per heavy atom. The van der Waals surface area contributed by atoms with Gasteiger partial charge in [0.05, 0.1) is 19.3 Å². The molecule has 21 heavy (non-hydrogen) atoms. The van der Waals surface area contributed by atoms with E-state index in [2.05, 4.69) is 10.2 Å². The normalized spacial score (nSPS) is 16.2. The van der Waals surface area contributed by atoms with Crippen LogP contribution < -0.4 is 0 Å². The number of ether oxygens (including phenoxy) is 1. The largest absolute Gasteiger partial charge is 0.376 e. The van der Waals surface area contributed by atoms with Crippen molar-refractivity contribution in [2.75, 3.05) is 6.61 Å². The second-order valence-corrected chi connectivity index (χ2v) is 5.89. The number of nitrogens with zero attached hydrogens (tertiary/aromatic N) is 2. The lowest BCUT2D eigenvalue weighted by Crippen LogP contribution is -2.19. The molecule has 0 bridgehead atoms. The number of benzene rings is 1. The summed E-state index contributed by atoms with van der Waals surface area (Å²) in [5, 5.41) is 7.23. The van der Waals surface area contributed by atoms with Crippen LogP contribution in [0.3, 0.4) is 0 Å². The zero-order valence-electron chi connectivity index (χ0n) is 12.1. The van der Waals surface area contributed by atoms with Crippen molar-refractivity contribution < 1.29 is 4.74 Å². The van der Waals surface area contributed by atoms with Crippen molar-refractivity contribution in [1.29, 1.82) is 0 Å². The van der Waals surface area contributed by atoms with Crippen molar-refractivity contribution in [1.82, 2.24) is 14.8 Å². The second-order valence-electron chi connectivity index (χ2n) is 5.50. The summed E-state index contributed by atoms with van der Waals surface area (Å²) in [5.74, 6) is 0.882. The van der Waals surface area contributed by atoms with Crippen LogP contribution in [0, 0.1) is 4.77 Å². The molecule has 0 unspecified atom stereocenters. The molecule has 0 aliphatic heterocycles. The summed E-state index contributed by atoms with van der Waals surface area (Å²) < 4.78 is 8.67. The van der Waals surface area contributed by atoms with Crippen LogP contribution in [0.2, 0.25) is 0 Å². The molecule has 4 nitrogen and oxygen atoms in total. The highest BCUT2D eigenvalue weighted by Gasteiger charge is 2.14. The highest BCUT2D eigenvalue weighted by Crippen LogP contribution is 2.21. The first-order valence-corrected chi connectivity index (χ1v) is 8.07. The van der Waals surface area contributed by atoms with Crippen LogP contribution in [-0.4, -0.2) is 27.5 Å². The van der Waals surface area contributed by atoms with E-state index in [-0.39, 0.29) is 0 Å². The Kier molecular flexibility index (Phi) is 4.83. The van der Waals surface area contributed by atoms with Gasteiger partial charge in [-0.3, -0.25) is 9.67 Å². The molecule has 1 aliphatic carbocycles. The smallest absolute Gasteiger partial charge is 0.195 e. The Bertz CT molecular complexity index is 614. The number of nitrogens with one attached hydrogen (secondary N) is 1. The number of aromatic nitrogens is 3. The van der Waals surface area contributed by atoms with Gasteiger partial charge < -0.3 is 4.74 Å². The van der Waals surface area contributed by atoms with Crippen LogP contribution >= 0.6 is 12.2 Å². The maximum atomic E-state index is 5.99. The molecule has 112 valence electrons. The zero-order valence-corrected chi connectivity index (χ0v) is 12.9. The Balaban J connectivity index is 1.65. The number of H-pyrrole nitrogens is 1. The van der Waals surface area contributed by atoms with Gasteiger partial charge in [-0.2, -0.15) is 5.10 Å². The molecule has 1 fully saturated rings. The molecular weight excluding hydrogens is 282 g/mol. The quantitative estimate of drug-likeness (QED) is 0.850. The lowest BCUT2D eigenvalue weighted by molar-refractivity contribution is 0.0241. The Hall–Kier alpha value is -1.46. The maximum absolute atomic E-state index is 5.99. The molecule has 3 rings (SSSR count). The first kappa shape index (κ1) is 14.5. The SMILES string of the molecule is S=c1[nH]nc(-c2ccccc2)n1CCOC1CCCCC1. The van der Waals surface area contributed by atoms with Gasteiger partial charge in [0.25, 0.3) is 0 Å². The molecular formula is C16H21N3OS. The third-order valence-electron chi connectivity index (χ3n) is 4.01. The van der Waals surface area contributed by atoms with Gasteiger partial charge in [0.15, 0.2) is 10.6 Å². The number of hydrogen-bond donors (Lipinski definition) is 1. The summed E-state index contributed by atoms with van der Waals surface area (Å²) in [6.07, 6.45) is 6.77. The van der Waals surface area contributed by atoms with E-state index in [9.17, 15) is 0 Å². The number of aromatic amines is 1. The summed E-state index contributed by atoms with van der Waals surface area (Å²) in [7, 11) is 0. The average molecular weight is 303 g/mol. The van der Waals surface area contributed by atoms with Crippen molar-refractivity contribution in [2.45, 2.75) is 44.8 Å². The molecule has 1 aromatic carbocycles. The Labute approximate surface area is 130 Å². The fourth-order valence-electron chi connectivity index (χ4n) is 2.88. The van der Waals surface area contributed by atoms with Gasteiger partial charge in [0.2, 0.25) is 0 Å². The summed E-state index contributed by atoms with van der Waals surface area (Å²) in [6, 6.07) is 10.1. The molecule has 1 N–H and O–H groups in total. The fraction of sp³-hybridized carbons (Fsp3) is 0.500. The van der Waals surface area contributed by atoms with Crippen molar-refractivity contribution in [2.24, 2.45) is 0 Å². The van der Waals surface area contributed by atoms with Gasteiger partial charge in [-0.15, -0.1) is 0 Å². The van der Waals surface area contributed by atoms with E-state index in [1.54, 1.807) is 0 Å². The van der Waals surface area contributed by atoms with E-state index in [0.29, 0.717) is 17.5 Å². The maximum Gasteiger partial charge on any atom is 0.195 e. The predicted octanol–water partition coefficient (Wildman–Crippen LogP) is 3.96. The minimum absolute atomic E-state index is 0.431. The minimum Gasteiger partial charge on any atom is -0.376 e. The van der Waals surface area contributed by atoms with Crippen molar-refractivity contribution in [3.63, 3.8) is 0 Å². The third kappa shape index (κ3) is 3.60. The van der Waals surface area contributed by atoms with Crippen molar-refractivity contribution in [3.05, 3.63) is 35.1 Å². The summed E-state index contributed by atoms with van der Waals surface area (Å²) in [6.45, 7) is 1.44. The Morgan fingerprint density at radius 1 is 1.19 bits per heavy atom. The molecule has 2 aromatic rings. The topological polar surface area (TPSA) is 42.8 Å². The predicted molar refractivity (Wildman–Crippen MR) is 85.7 cm³/mol. The minimum atomic E-state index is 0.431. The van der Waals surface area contributed by atoms with Gasteiger partial charge in [0, 0.05) is 5.56 Å². The molecule has 0 saturated heterocycles. The van der Waals surface area contributed by atoms with Gasteiger partial charge in [-0.25, -0.2) is 0 Å². The number of hydrogen-bond acceptors (Lipinski definition) is 3. The van der Waals surface area contributed by atoms with E-state index >= 15 is 0 Å².